The van der Waals surface area contributed by atoms with Crippen LogP contribution in [0, 0.1) is 0 Å². The van der Waals surface area contributed by atoms with Crippen LogP contribution in [0.4, 0.5) is 0 Å². The van der Waals surface area contributed by atoms with Crippen LogP contribution in [-0.4, -0.2) is 90.5 Å². The zero-order chi connectivity index (χ0) is 27.2. The molecule has 3 aliphatic rings. The Morgan fingerprint density at radius 3 is 2.26 bits per heavy atom. The van der Waals surface area contributed by atoms with Gasteiger partial charge in [0.1, 0.15) is 18.4 Å². The van der Waals surface area contributed by atoms with Gasteiger partial charge in [-0.3, -0.25) is 39.0 Å². The van der Waals surface area contributed by atoms with E-state index < -0.39 is 47.5 Å². The topological polar surface area (TPSA) is 175 Å². The molecular formula is C24H25N3O11. The smallest absolute Gasteiger partial charge is 0.335 e. The average molecular weight is 531 g/mol. The number of fused-ring (bicyclic) bond motifs is 1. The summed E-state index contributed by atoms with van der Waals surface area (Å²) in [4.78, 5) is 89.5. The Labute approximate surface area is 216 Å². The summed E-state index contributed by atoms with van der Waals surface area (Å²) in [6.45, 7) is 0.525. The van der Waals surface area contributed by atoms with Gasteiger partial charge >= 0.3 is 5.97 Å². The van der Waals surface area contributed by atoms with E-state index in [4.69, 9.17) is 19.0 Å². The fraction of sp³-hybridized carbons (Fsp3) is 0.458. The Kier molecular flexibility index (Phi) is 8.43. The summed E-state index contributed by atoms with van der Waals surface area (Å²) in [5.74, 6) is -4.13. The number of rotatable bonds is 12. The van der Waals surface area contributed by atoms with Crippen molar-refractivity contribution in [3.05, 3.63) is 29.3 Å². The van der Waals surface area contributed by atoms with Crippen molar-refractivity contribution in [3.8, 4) is 5.75 Å². The number of imide groups is 3. The summed E-state index contributed by atoms with van der Waals surface area (Å²) < 4.78 is 16.3. The molecule has 0 spiro atoms. The highest BCUT2D eigenvalue weighted by atomic mass is 16.7. The number of hydrogen-bond donors (Lipinski definition) is 1. The van der Waals surface area contributed by atoms with E-state index in [1.807, 2.05) is 0 Å². The molecule has 0 aliphatic carbocycles. The molecule has 0 aromatic heterocycles. The van der Waals surface area contributed by atoms with Crippen LogP contribution in [0.2, 0.25) is 0 Å². The predicted molar refractivity (Wildman–Crippen MR) is 122 cm³/mol. The summed E-state index contributed by atoms with van der Waals surface area (Å²) in [7, 11) is 0. The molecule has 6 amide bonds. The van der Waals surface area contributed by atoms with Gasteiger partial charge < -0.3 is 19.0 Å². The van der Waals surface area contributed by atoms with Crippen molar-refractivity contribution < 1.29 is 52.6 Å². The number of piperidine rings is 1. The highest BCUT2D eigenvalue weighted by molar-refractivity contribution is 6.24. The van der Waals surface area contributed by atoms with E-state index in [1.165, 1.54) is 12.1 Å². The highest BCUT2D eigenvalue weighted by Crippen LogP contribution is 2.33. The van der Waals surface area contributed by atoms with Crippen LogP contribution in [0.1, 0.15) is 52.8 Å². The van der Waals surface area contributed by atoms with E-state index in [0.29, 0.717) is 5.06 Å². The first-order valence-electron chi connectivity index (χ1n) is 12.0. The number of ether oxygens (including phenoxy) is 3. The maximum Gasteiger partial charge on any atom is 0.335 e. The second-order valence-electron chi connectivity index (χ2n) is 8.49. The largest absolute Gasteiger partial charge is 0.490 e. The van der Waals surface area contributed by atoms with E-state index in [9.17, 15) is 33.6 Å². The second kappa shape index (κ2) is 11.9. The van der Waals surface area contributed by atoms with E-state index in [0.717, 1.165) is 4.90 Å². The Hall–Kier alpha value is -4.17. The minimum absolute atomic E-state index is 0.00485. The third kappa shape index (κ3) is 5.86. The fourth-order valence-corrected chi connectivity index (χ4v) is 4.10. The molecule has 1 aromatic rings. The Balaban J connectivity index is 1.15. The molecule has 2 saturated heterocycles. The van der Waals surface area contributed by atoms with Crippen molar-refractivity contribution in [2.24, 2.45) is 0 Å². The number of carbonyl (C=O) groups is 7. The first-order valence-corrected chi connectivity index (χ1v) is 12.0. The molecule has 14 nitrogen and oxygen atoms in total. The number of nitrogens with one attached hydrogen (secondary N) is 1. The number of hydrogen-bond acceptors (Lipinski definition) is 11. The van der Waals surface area contributed by atoms with Crippen molar-refractivity contribution >= 4 is 41.4 Å². The van der Waals surface area contributed by atoms with Crippen LogP contribution in [0.15, 0.2) is 18.2 Å². The van der Waals surface area contributed by atoms with Gasteiger partial charge in [0.2, 0.25) is 11.8 Å². The number of carbonyl (C=O) groups excluding carboxylic acids is 7. The van der Waals surface area contributed by atoms with Crippen LogP contribution in [0.25, 0.3) is 0 Å². The van der Waals surface area contributed by atoms with Gasteiger partial charge in [-0.1, -0.05) is 6.07 Å². The first kappa shape index (κ1) is 26.9. The Morgan fingerprint density at radius 1 is 0.868 bits per heavy atom. The van der Waals surface area contributed by atoms with Gasteiger partial charge in [-0.25, -0.2) is 4.79 Å². The molecule has 14 heteroatoms. The molecule has 0 saturated carbocycles. The van der Waals surface area contributed by atoms with Gasteiger partial charge in [-0.2, -0.15) is 0 Å². The van der Waals surface area contributed by atoms with Gasteiger partial charge in [-0.15, -0.1) is 5.06 Å². The Morgan fingerprint density at radius 2 is 1.55 bits per heavy atom. The molecule has 2 fully saturated rings. The molecule has 1 unspecified atom stereocenters. The molecule has 202 valence electrons. The van der Waals surface area contributed by atoms with Gasteiger partial charge in [0.15, 0.2) is 0 Å². The summed E-state index contributed by atoms with van der Waals surface area (Å²) in [6, 6.07) is 3.49. The van der Waals surface area contributed by atoms with Crippen LogP contribution in [0.5, 0.6) is 5.75 Å². The SMILES string of the molecule is O=C1CCC(N2C(=O)c3cccc(OCCOCCOCCC(=O)ON4C(=O)CCC4=O)c3C2=O)C(=O)N1. The van der Waals surface area contributed by atoms with Crippen molar-refractivity contribution in [2.45, 2.75) is 38.1 Å². The number of benzene rings is 1. The highest BCUT2D eigenvalue weighted by Gasteiger charge is 2.46. The molecule has 1 N–H and O–H groups in total. The fourth-order valence-electron chi connectivity index (χ4n) is 4.10. The lowest BCUT2D eigenvalue weighted by Gasteiger charge is -2.27. The molecule has 38 heavy (non-hydrogen) atoms. The third-order valence-electron chi connectivity index (χ3n) is 5.94. The minimum atomic E-state index is -1.07. The van der Waals surface area contributed by atoms with Crippen molar-refractivity contribution in [1.82, 2.24) is 15.3 Å². The summed E-state index contributed by atoms with van der Waals surface area (Å²) in [5.41, 5.74) is 0.165. The van der Waals surface area contributed by atoms with Crippen molar-refractivity contribution in [1.29, 1.82) is 0 Å². The van der Waals surface area contributed by atoms with Gasteiger partial charge in [-0.05, 0) is 18.6 Å². The van der Waals surface area contributed by atoms with Crippen molar-refractivity contribution in [2.75, 3.05) is 33.0 Å². The molecule has 1 atom stereocenters. The number of nitrogens with zero attached hydrogens (tertiary/aromatic N) is 2. The van der Waals surface area contributed by atoms with Crippen LogP contribution >= 0.6 is 0 Å². The predicted octanol–water partition coefficient (Wildman–Crippen LogP) is -0.503. The molecule has 0 bridgehead atoms. The molecular weight excluding hydrogens is 506 g/mol. The monoisotopic (exact) mass is 531 g/mol. The van der Waals surface area contributed by atoms with E-state index in [2.05, 4.69) is 5.32 Å². The lowest BCUT2D eigenvalue weighted by Crippen LogP contribution is -2.54. The maximum atomic E-state index is 13.0. The average Bonchev–Trinajstić information content (AvgIpc) is 3.33. The zero-order valence-electron chi connectivity index (χ0n) is 20.3. The normalized spacial score (nSPS) is 19.2. The van der Waals surface area contributed by atoms with E-state index >= 15 is 0 Å². The van der Waals surface area contributed by atoms with Crippen molar-refractivity contribution in [3.63, 3.8) is 0 Å². The van der Waals surface area contributed by atoms with Gasteiger partial charge in [0, 0.05) is 19.3 Å². The third-order valence-corrected chi connectivity index (χ3v) is 5.94. The molecule has 3 aliphatic heterocycles. The molecule has 1 aromatic carbocycles. The molecule has 4 rings (SSSR count). The van der Waals surface area contributed by atoms with Gasteiger partial charge in [0.05, 0.1) is 44.0 Å². The molecule has 3 heterocycles. The van der Waals surface area contributed by atoms with E-state index in [1.54, 1.807) is 6.07 Å². The lowest BCUT2D eigenvalue weighted by molar-refractivity contribution is -0.198. The molecule has 0 radical (unpaired) electrons. The zero-order valence-corrected chi connectivity index (χ0v) is 20.3. The van der Waals surface area contributed by atoms with Gasteiger partial charge in [0.25, 0.3) is 23.6 Å². The summed E-state index contributed by atoms with van der Waals surface area (Å²) >= 11 is 0. The van der Waals surface area contributed by atoms with Crippen LogP contribution in [-0.2, 0) is 38.3 Å². The summed E-state index contributed by atoms with van der Waals surface area (Å²) in [6.07, 6.45) is -0.0284. The second-order valence-corrected chi connectivity index (χ2v) is 8.49. The Bertz CT molecular complexity index is 1170. The number of amides is 6. The summed E-state index contributed by atoms with van der Waals surface area (Å²) in [5, 5.41) is 2.62. The van der Waals surface area contributed by atoms with E-state index in [-0.39, 0.29) is 82.0 Å². The maximum absolute atomic E-state index is 13.0. The first-order chi connectivity index (χ1) is 18.3. The quantitative estimate of drug-likeness (QED) is 0.272. The van der Waals surface area contributed by atoms with Crippen LogP contribution < -0.4 is 10.1 Å². The lowest BCUT2D eigenvalue weighted by atomic mass is 10.0. The standard InChI is InChI=1S/C24H25N3O11/c28-17-5-4-15(22(32)25-17)26-23(33)14-2-1-3-16(21(14)24(26)34)37-13-12-36-11-10-35-9-8-20(31)38-27-18(29)6-7-19(27)30/h1-3,15H,4-13H2,(H,25,28,32). The minimum Gasteiger partial charge on any atom is -0.490 e. The number of hydroxylamine groups is 2. The van der Waals surface area contributed by atoms with Crippen LogP contribution in [0.3, 0.4) is 0 Å².